The highest BCUT2D eigenvalue weighted by atomic mass is 32.2. The van der Waals surface area contributed by atoms with Crippen LogP contribution in [0.4, 0.5) is 5.69 Å². The molecule has 1 aromatic carbocycles. The second kappa shape index (κ2) is 7.88. The molecule has 0 aliphatic rings. The molecule has 1 aromatic heterocycles. The minimum Gasteiger partial charge on any atom is -0.395 e. The van der Waals surface area contributed by atoms with Crippen molar-refractivity contribution in [2.45, 2.75) is 18.4 Å². The van der Waals surface area contributed by atoms with Crippen molar-refractivity contribution < 1.29 is 13.5 Å². The van der Waals surface area contributed by atoms with E-state index in [0.29, 0.717) is 11.3 Å². The van der Waals surface area contributed by atoms with Gasteiger partial charge in [0.2, 0.25) is 10.0 Å². The second-order valence-electron chi connectivity index (χ2n) is 5.06. The fraction of sp³-hybridized carbons (Fsp3) is 0.250. The largest absolute Gasteiger partial charge is 0.395 e. The highest BCUT2D eigenvalue weighted by Gasteiger charge is 2.19. The molecule has 0 spiro atoms. The Morgan fingerprint density at radius 1 is 1.33 bits per heavy atom. The Balaban J connectivity index is 2.28. The average Bonchev–Trinajstić information content (AvgIpc) is 2.59. The van der Waals surface area contributed by atoms with E-state index in [1.54, 1.807) is 12.3 Å². The van der Waals surface area contributed by atoms with Crippen molar-refractivity contribution in [2.75, 3.05) is 18.5 Å². The molecular weight excluding hydrogens is 328 g/mol. The topological polar surface area (TPSA) is 115 Å². The van der Waals surface area contributed by atoms with Crippen LogP contribution in [0.2, 0.25) is 0 Å². The average molecular weight is 346 g/mol. The molecule has 0 radical (unpaired) electrons. The van der Waals surface area contributed by atoms with Gasteiger partial charge in [-0.2, -0.15) is 5.26 Å². The maximum atomic E-state index is 12.6. The van der Waals surface area contributed by atoms with Crippen LogP contribution in [-0.4, -0.2) is 31.7 Å². The van der Waals surface area contributed by atoms with Crippen LogP contribution in [0.25, 0.3) is 0 Å². The number of aromatic nitrogens is 1. The zero-order valence-electron chi connectivity index (χ0n) is 13.2. The van der Waals surface area contributed by atoms with Crippen LogP contribution in [0.5, 0.6) is 0 Å². The number of benzene rings is 1. The van der Waals surface area contributed by atoms with Crippen LogP contribution < -0.4 is 10.0 Å². The highest BCUT2D eigenvalue weighted by molar-refractivity contribution is 7.89. The van der Waals surface area contributed by atoms with E-state index in [1.165, 1.54) is 18.2 Å². The number of aryl methyl sites for hydroxylation is 1. The molecule has 0 bridgehead atoms. The SMILES string of the molecule is Cc1cccnc1CNS(=O)(=O)c1ccc(C#N)cc1NCCO. The summed E-state index contributed by atoms with van der Waals surface area (Å²) in [7, 11) is -3.80. The van der Waals surface area contributed by atoms with Gasteiger partial charge in [-0.3, -0.25) is 4.98 Å². The first-order valence-electron chi connectivity index (χ1n) is 7.27. The van der Waals surface area contributed by atoms with Crippen molar-refractivity contribution in [2.24, 2.45) is 0 Å². The Morgan fingerprint density at radius 3 is 2.79 bits per heavy atom. The third kappa shape index (κ3) is 4.29. The van der Waals surface area contributed by atoms with Crippen molar-refractivity contribution >= 4 is 15.7 Å². The minimum atomic E-state index is -3.80. The van der Waals surface area contributed by atoms with E-state index in [9.17, 15) is 8.42 Å². The number of nitrogens with zero attached hydrogens (tertiary/aromatic N) is 2. The molecule has 0 saturated heterocycles. The first-order chi connectivity index (χ1) is 11.5. The molecule has 0 fully saturated rings. The van der Waals surface area contributed by atoms with Crippen LogP contribution in [0.15, 0.2) is 41.4 Å². The fourth-order valence-electron chi connectivity index (χ4n) is 2.11. The van der Waals surface area contributed by atoms with Gasteiger partial charge in [-0.05, 0) is 36.8 Å². The summed E-state index contributed by atoms with van der Waals surface area (Å²) in [6.07, 6.45) is 1.60. The number of aliphatic hydroxyl groups is 1. The number of sulfonamides is 1. The number of hydrogen-bond acceptors (Lipinski definition) is 6. The van der Waals surface area contributed by atoms with Crippen LogP contribution in [0.1, 0.15) is 16.8 Å². The molecule has 8 heteroatoms. The van der Waals surface area contributed by atoms with Gasteiger partial charge in [0.25, 0.3) is 0 Å². The maximum Gasteiger partial charge on any atom is 0.242 e. The number of nitriles is 1. The number of pyridine rings is 1. The Morgan fingerprint density at radius 2 is 2.12 bits per heavy atom. The van der Waals surface area contributed by atoms with E-state index in [0.717, 1.165) is 5.56 Å². The predicted molar refractivity (Wildman–Crippen MR) is 89.7 cm³/mol. The van der Waals surface area contributed by atoms with Gasteiger partial charge in [0, 0.05) is 12.7 Å². The first-order valence-corrected chi connectivity index (χ1v) is 8.75. The van der Waals surface area contributed by atoms with Gasteiger partial charge in [-0.25, -0.2) is 13.1 Å². The molecule has 0 unspecified atom stereocenters. The van der Waals surface area contributed by atoms with Crippen LogP contribution in [0, 0.1) is 18.3 Å². The normalized spacial score (nSPS) is 11.0. The van der Waals surface area contributed by atoms with Gasteiger partial charge < -0.3 is 10.4 Å². The van der Waals surface area contributed by atoms with Crippen molar-refractivity contribution in [1.29, 1.82) is 5.26 Å². The van der Waals surface area contributed by atoms with Gasteiger partial charge >= 0.3 is 0 Å². The molecule has 0 saturated carbocycles. The summed E-state index contributed by atoms with van der Waals surface area (Å²) < 4.78 is 27.7. The fourth-order valence-corrected chi connectivity index (χ4v) is 3.26. The van der Waals surface area contributed by atoms with E-state index in [4.69, 9.17) is 10.4 Å². The Bertz CT molecular complexity index is 860. The van der Waals surface area contributed by atoms with Crippen LogP contribution >= 0.6 is 0 Å². The molecule has 24 heavy (non-hydrogen) atoms. The summed E-state index contributed by atoms with van der Waals surface area (Å²) in [5, 5.41) is 20.7. The summed E-state index contributed by atoms with van der Waals surface area (Å²) in [4.78, 5) is 4.17. The Labute approximate surface area is 141 Å². The van der Waals surface area contributed by atoms with E-state index >= 15 is 0 Å². The number of hydrogen-bond donors (Lipinski definition) is 3. The number of anilines is 1. The minimum absolute atomic E-state index is 0.0172. The lowest BCUT2D eigenvalue weighted by Crippen LogP contribution is -2.25. The zero-order valence-corrected chi connectivity index (χ0v) is 14.0. The van der Waals surface area contributed by atoms with Gasteiger partial charge in [0.05, 0.1) is 36.2 Å². The summed E-state index contributed by atoms with van der Waals surface area (Å²) >= 11 is 0. The van der Waals surface area contributed by atoms with E-state index < -0.39 is 10.0 Å². The Kier molecular flexibility index (Phi) is 5.87. The van der Waals surface area contributed by atoms with Gasteiger partial charge in [0.15, 0.2) is 0 Å². The quantitative estimate of drug-likeness (QED) is 0.692. The number of nitrogens with one attached hydrogen (secondary N) is 2. The number of rotatable bonds is 7. The summed E-state index contributed by atoms with van der Waals surface area (Å²) in [5.41, 5.74) is 2.13. The molecule has 3 N–H and O–H groups in total. The lowest BCUT2D eigenvalue weighted by atomic mass is 10.2. The highest BCUT2D eigenvalue weighted by Crippen LogP contribution is 2.23. The molecule has 0 amide bonds. The van der Waals surface area contributed by atoms with Crippen LogP contribution in [-0.2, 0) is 16.6 Å². The molecule has 2 aromatic rings. The monoisotopic (exact) mass is 346 g/mol. The zero-order chi connectivity index (χ0) is 17.6. The lowest BCUT2D eigenvalue weighted by Gasteiger charge is -2.13. The van der Waals surface area contributed by atoms with Gasteiger partial charge in [-0.1, -0.05) is 6.07 Å². The second-order valence-corrected chi connectivity index (χ2v) is 6.80. The van der Waals surface area contributed by atoms with Crippen molar-refractivity contribution in [3.05, 3.63) is 53.3 Å². The molecule has 1 heterocycles. The van der Waals surface area contributed by atoms with Crippen LogP contribution in [0.3, 0.4) is 0 Å². The van der Waals surface area contributed by atoms with Gasteiger partial charge in [0.1, 0.15) is 4.90 Å². The van der Waals surface area contributed by atoms with E-state index in [2.05, 4.69) is 15.0 Å². The molecule has 0 aliphatic heterocycles. The molecule has 7 nitrogen and oxygen atoms in total. The van der Waals surface area contributed by atoms with Gasteiger partial charge in [-0.15, -0.1) is 0 Å². The summed E-state index contributed by atoms with van der Waals surface area (Å²) in [6.45, 7) is 1.94. The van der Waals surface area contributed by atoms with E-state index in [1.807, 2.05) is 19.1 Å². The molecule has 0 aliphatic carbocycles. The Hall–Kier alpha value is -2.47. The van der Waals surface area contributed by atoms with E-state index in [-0.39, 0.29) is 30.3 Å². The van der Waals surface area contributed by atoms with Crippen molar-refractivity contribution in [3.8, 4) is 6.07 Å². The summed E-state index contributed by atoms with van der Waals surface area (Å²) in [6, 6.07) is 9.84. The molecular formula is C16H18N4O3S. The number of aliphatic hydroxyl groups excluding tert-OH is 1. The predicted octanol–water partition coefficient (Wildman–Crippen LogP) is 1.14. The first kappa shape index (κ1) is 17.9. The summed E-state index contributed by atoms with van der Waals surface area (Å²) in [5.74, 6) is 0. The third-order valence-corrected chi connectivity index (χ3v) is 4.83. The van der Waals surface area contributed by atoms with Crippen molar-refractivity contribution in [1.82, 2.24) is 9.71 Å². The maximum absolute atomic E-state index is 12.6. The smallest absolute Gasteiger partial charge is 0.242 e. The third-order valence-electron chi connectivity index (χ3n) is 3.37. The molecule has 2 rings (SSSR count). The standard InChI is InChI=1S/C16H18N4O3S/c1-12-3-2-6-18-15(12)11-20-24(22,23)16-5-4-13(10-17)9-14(16)19-7-8-21/h2-6,9,19-21H,7-8,11H2,1H3. The van der Waals surface area contributed by atoms with Crippen molar-refractivity contribution in [3.63, 3.8) is 0 Å². The molecule has 0 atom stereocenters. The molecule has 126 valence electrons. The lowest BCUT2D eigenvalue weighted by molar-refractivity contribution is 0.311.